The number of imidazole rings is 1. The Hall–Kier alpha value is -2.45. The molecule has 1 aromatic carbocycles. The molecule has 1 N–H and O–H groups in total. The second-order valence-corrected chi connectivity index (χ2v) is 6.91. The molecule has 1 fully saturated rings. The average molecular weight is 389 g/mol. The van der Waals surface area contributed by atoms with E-state index in [1.165, 1.54) is 4.57 Å². The maximum Gasteiger partial charge on any atom is 0.329 e. The number of ether oxygens (including phenoxy) is 2. The molecule has 1 unspecified atom stereocenters. The number of aromatic nitrogens is 2. The van der Waals surface area contributed by atoms with Crippen molar-refractivity contribution >= 4 is 22.8 Å². The monoisotopic (exact) mass is 389 g/mol. The highest BCUT2D eigenvalue weighted by Gasteiger charge is 2.31. The standard InChI is InChI=1S/C20H27N3O5/c1-3-27-11-12-28-10-4-5-14-6-7-15-17(13-14)22(2)20(26)23(15)16-8-9-18(24)21-19(16)25/h6-7,13,16H,3-5,8-12H2,1-2H3,(H,21,24,25). The number of amides is 2. The van der Waals surface area contributed by atoms with E-state index in [-0.39, 0.29) is 18.0 Å². The van der Waals surface area contributed by atoms with Crippen molar-refractivity contribution in [3.63, 3.8) is 0 Å². The summed E-state index contributed by atoms with van der Waals surface area (Å²) in [6.45, 7) is 4.51. The van der Waals surface area contributed by atoms with E-state index in [4.69, 9.17) is 9.47 Å². The molecular formula is C20H27N3O5. The highest BCUT2D eigenvalue weighted by Crippen LogP contribution is 2.24. The van der Waals surface area contributed by atoms with Gasteiger partial charge in [-0.3, -0.25) is 24.0 Å². The second kappa shape index (κ2) is 9.16. The minimum absolute atomic E-state index is 0.237. The maximum absolute atomic E-state index is 12.7. The Kier molecular flexibility index (Phi) is 6.64. The second-order valence-electron chi connectivity index (χ2n) is 6.91. The molecule has 28 heavy (non-hydrogen) atoms. The first-order valence-electron chi connectivity index (χ1n) is 9.72. The first-order chi connectivity index (χ1) is 13.5. The lowest BCUT2D eigenvalue weighted by atomic mass is 10.1. The van der Waals surface area contributed by atoms with E-state index < -0.39 is 11.9 Å². The van der Waals surface area contributed by atoms with Gasteiger partial charge in [0.1, 0.15) is 6.04 Å². The predicted octanol–water partition coefficient (Wildman–Crippen LogP) is 1.30. The third-order valence-corrected chi connectivity index (χ3v) is 5.01. The van der Waals surface area contributed by atoms with Gasteiger partial charge in [0.2, 0.25) is 11.8 Å². The van der Waals surface area contributed by atoms with Gasteiger partial charge in [0.25, 0.3) is 0 Å². The largest absolute Gasteiger partial charge is 0.379 e. The lowest BCUT2D eigenvalue weighted by Crippen LogP contribution is -2.44. The summed E-state index contributed by atoms with van der Waals surface area (Å²) in [6.07, 6.45) is 2.28. The van der Waals surface area contributed by atoms with Crippen LogP contribution in [-0.4, -0.2) is 47.4 Å². The zero-order chi connectivity index (χ0) is 20.1. The van der Waals surface area contributed by atoms with Crippen molar-refractivity contribution < 1.29 is 19.1 Å². The number of piperidine rings is 1. The number of benzene rings is 1. The van der Waals surface area contributed by atoms with Gasteiger partial charge in [0.05, 0.1) is 24.2 Å². The molecule has 0 saturated carbocycles. The predicted molar refractivity (Wildman–Crippen MR) is 104 cm³/mol. The van der Waals surface area contributed by atoms with Crippen LogP contribution in [0.3, 0.4) is 0 Å². The Labute approximate surface area is 163 Å². The smallest absolute Gasteiger partial charge is 0.329 e. The van der Waals surface area contributed by atoms with Crippen molar-refractivity contribution in [1.29, 1.82) is 0 Å². The molecular weight excluding hydrogens is 362 g/mol. The van der Waals surface area contributed by atoms with Crippen molar-refractivity contribution in [3.05, 3.63) is 34.2 Å². The molecule has 8 heteroatoms. The Morgan fingerprint density at radius 1 is 1.11 bits per heavy atom. The number of nitrogens with zero attached hydrogens (tertiary/aromatic N) is 2. The van der Waals surface area contributed by atoms with Crippen LogP contribution < -0.4 is 11.0 Å². The normalized spacial score (nSPS) is 17.3. The van der Waals surface area contributed by atoms with Crippen LogP contribution in [0.4, 0.5) is 0 Å². The van der Waals surface area contributed by atoms with Gasteiger partial charge >= 0.3 is 5.69 Å². The average Bonchev–Trinajstić information content (AvgIpc) is 2.92. The van der Waals surface area contributed by atoms with E-state index in [2.05, 4.69) is 5.32 Å². The van der Waals surface area contributed by atoms with Crippen LogP contribution in [0.2, 0.25) is 0 Å². The van der Waals surface area contributed by atoms with Crippen LogP contribution in [0.1, 0.15) is 37.8 Å². The summed E-state index contributed by atoms with van der Waals surface area (Å²) in [5.74, 6) is -0.709. The summed E-state index contributed by atoms with van der Waals surface area (Å²) in [7, 11) is 1.70. The highest BCUT2D eigenvalue weighted by molar-refractivity contribution is 6.00. The Morgan fingerprint density at radius 3 is 2.64 bits per heavy atom. The molecule has 1 aliphatic rings. The summed E-state index contributed by atoms with van der Waals surface area (Å²) in [5, 5.41) is 2.32. The van der Waals surface area contributed by atoms with Gasteiger partial charge in [-0.05, 0) is 43.9 Å². The Bertz CT molecular complexity index is 914. The zero-order valence-corrected chi connectivity index (χ0v) is 16.4. The van der Waals surface area contributed by atoms with Crippen molar-refractivity contribution in [3.8, 4) is 0 Å². The highest BCUT2D eigenvalue weighted by atomic mass is 16.5. The van der Waals surface area contributed by atoms with Gasteiger partial charge in [-0.25, -0.2) is 4.79 Å². The van der Waals surface area contributed by atoms with Crippen LogP contribution in [-0.2, 0) is 32.5 Å². The first kappa shape index (κ1) is 20.3. The van der Waals surface area contributed by atoms with E-state index in [0.717, 1.165) is 23.9 Å². The summed E-state index contributed by atoms with van der Waals surface area (Å²) < 4.78 is 13.8. The number of hydrogen-bond donors (Lipinski definition) is 1. The van der Waals surface area contributed by atoms with Crippen LogP contribution in [0.5, 0.6) is 0 Å². The summed E-state index contributed by atoms with van der Waals surface area (Å²) in [4.78, 5) is 36.4. The van der Waals surface area contributed by atoms with Gasteiger partial charge in [0, 0.05) is 26.7 Å². The van der Waals surface area contributed by atoms with Crippen LogP contribution in [0.15, 0.2) is 23.0 Å². The molecule has 0 radical (unpaired) electrons. The van der Waals surface area contributed by atoms with Crippen molar-refractivity contribution in [2.45, 2.75) is 38.6 Å². The fourth-order valence-electron chi connectivity index (χ4n) is 3.54. The van der Waals surface area contributed by atoms with Crippen molar-refractivity contribution in [2.75, 3.05) is 26.4 Å². The maximum atomic E-state index is 12.7. The molecule has 0 bridgehead atoms. The number of rotatable bonds is 9. The third-order valence-electron chi connectivity index (χ3n) is 5.01. The van der Waals surface area contributed by atoms with E-state index in [9.17, 15) is 14.4 Å². The van der Waals surface area contributed by atoms with Crippen molar-refractivity contribution in [2.24, 2.45) is 7.05 Å². The van der Waals surface area contributed by atoms with Gasteiger partial charge in [-0.1, -0.05) is 6.07 Å². The van der Waals surface area contributed by atoms with E-state index in [1.54, 1.807) is 11.6 Å². The third kappa shape index (κ3) is 4.34. The number of fused-ring (bicyclic) bond motifs is 1. The summed E-state index contributed by atoms with van der Waals surface area (Å²) in [6, 6.07) is 5.19. The minimum atomic E-state index is -0.654. The molecule has 3 rings (SSSR count). The summed E-state index contributed by atoms with van der Waals surface area (Å²) in [5.41, 5.74) is 2.35. The number of aryl methyl sites for hydroxylation is 2. The topological polar surface area (TPSA) is 91.6 Å². The quantitative estimate of drug-likeness (QED) is 0.516. The molecule has 0 aliphatic carbocycles. The Morgan fingerprint density at radius 2 is 1.89 bits per heavy atom. The number of nitrogens with one attached hydrogen (secondary N) is 1. The molecule has 2 amide bonds. The minimum Gasteiger partial charge on any atom is -0.379 e. The first-order valence-corrected chi connectivity index (χ1v) is 9.72. The van der Waals surface area contributed by atoms with Gasteiger partial charge in [-0.2, -0.15) is 0 Å². The number of hydrogen-bond acceptors (Lipinski definition) is 5. The zero-order valence-electron chi connectivity index (χ0n) is 16.4. The van der Waals surface area contributed by atoms with E-state index in [0.29, 0.717) is 38.4 Å². The molecule has 1 saturated heterocycles. The van der Waals surface area contributed by atoms with Crippen LogP contribution in [0.25, 0.3) is 11.0 Å². The molecule has 1 aromatic heterocycles. The molecule has 0 spiro atoms. The molecule has 8 nitrogen and oxygen atoms in total. The van der Waals surface area contributed by atoms with Gasteiger partial charge in [0.15, 0.2) is 0 Å². The van der Waals surface area contributed by atoms with E-state index >= 15 is 0 Å². The number of carbonyl (C=O) groups excluding carboxylic acids is 2. The molecule has 152 valence electrons. The van der Waals surface area contributed by atoms with Gasteiger partial charge in [-0.15, -0.1) is 0 Å². The fourth-order valence-corrected chi connectivity index (χ4v) is 3.54. The Balaban J connectivity index is 1.71. The lowest BCUT2D eigenvalue weighted by molar-refractivity contribution is -0.135. The van der Waals surface area contributed by atoms with Crippen LogP contribution in [0, 0.1) is 0 Å². The SMILES string of the molecule is CCOCCOCCCc1ccc2c(c1)n(C)c(=O)n2C1CCC(=O)NC1=O. The molecule has 2 aromatic rings. The van der Waals surface area contributed by atoms with E-state index in [1.807, 2.05) is 25.1 Å². The molecule has 1 atom stereocenters. The summed E-state index contributed by atoms with van der Waals surface area (Å²) >= 11 is 0. The van der Waals surface area contributed by atoms with Gasteiger partial charge < -0.3 is 9.47 Å². The number of imide groups is 1. The van der Waals surface area contributed by atoms with Crippen LogP contribution >= 0.6 is 0 Å². The molecule has 1 aliphatic heterocycles. The number of carbonyl (C=O) groups is 2. The fraction of sp³-hybridized carbons (Fsp3) is 0.550. The molecule has 2 heterocycles. The lowest BCUT2D eigenvalue weighted by Gasteiger charge is -2.21. The van der Waals surface area contributed by atoms with Crippen molar-refractivity contribution in [1.82, 2.24) is 14.5 Å².